The predicted octanol–water partition coefficient (Wildman–Crippen LogP) is 2.28. The maximum absolute atomic E-state index is 12.8. The van der Waals surface area contributed by atoms with Crippen LogP contribution in [-0.4, -0.2) is 37.2 Å². The van der Waals surface area contributed by atoms with Crippen molar-refractivity contribution in [1.82, 2.24) is 4.90 Å². The van der Waals surface area contributed by atoms with Crippen LogP contribution in [0.3, 0.4) is 0 Å². The molecule has 1 aliphatic rings. The fraction of sp³-hybridized carbons (Fsp3) is 0.538. The van der Waals surface area contributed by atoms with Gasteiger partial charge in [-0.15, -0.1) is 0 Å². The summed E-state index contributed by atoms with van der Waals surface area (Å²) in [6, 6.07) is 4.43. The molecule has 100 valence electrons. The van der Waals surface area contributed by atoms with Crippen LogP contribution >= 0.6 is 11.6 Å². The summed E-state index contributed by atoms with van der Waals surface area (Å²) in [5.41, 5.74) is 5.90. The molecule has 1 aromatic carbocycles. The van der Waals surface area contributed by atoms with Gasteiger partial charge in [0.05, 0.1) is 5.02 Å². The zero-order valence-corrected chi connectivity index (χ0v) is 11.0. The van der Waals surface area contributed by atoms with Crippen LogP contribution in [0.4, 0.5) is 4.39 Å². The number of hydrogen-bond acceptors (Lipinski definition) is 3. The summed E-state index contributed by atoms with van der Waals surface area (Å²) < 4.78 is 18.4. The van der Waals surface area contributed by atoms with E-state index in [0.717, 1.165) is 32.5 Å². The molecule has 3 nitrogen and oxygen atoms in total. The first-order chi connectivity index (χ1) is 8.65. The molecule has 0 bridgehead atoms. The van der Waals surface area contributed by atoms with Crippen molar-refractivity contribution in [3.63, 3.8) is 0 Å². The van der Waals surface area contributed by atoms with Crippen LogP contribution in [0, 0.1) is 5.82 Å². The fourth-order valence-corrected chi connectivity index (χ4v) is 2.39. The summed E-state index contributed by atoms with van der Waals surface area (Å²) in [6.07, 6.45) is 2.24. The topological polar surface area (TPSA) is 38.5 Å². The summed E-state index contributed by atoms with van der Waals surface area (Å²) >= 11 is 5.88. The van der Waals surface area contributed by atoms with Crippen LogP contribution in [0.25, 0.3) is 0 Å². The van der Waals surface area contributed by atoms with E-state index in [9.17, 15) is 4.39 Å². The zero-order valence-electron chi connectivity index (χ0n) is 10.2. The van der Waals surface area contributed by atoms with E-state index in [4.69, 9.17) is 22.1 Å². The first-order valence-electron chi connectivity index (χ1n) is 6.21. The molecule has 0 aliphatic carbocycles. The van der Waals surface area contributed by atoms with Gasteiger partial charge in [0.2, 0.25) is 0 Å². The van der Waals surface area contributed by atoms with E-state index < -0.39 is 0 Å². The van der Waals surface area contributed by atoms with Crippen LogP contribution in [0.15, 0.2) is 18.2 Å². The maximum atomic E-state index is 12.8. The molecule has 0 aromatic heterocycles. The molecule has 1 aliphatic heterocycles. The van der Waals surface area contributed by atoms with Crippen LogP contribution in [-0.2, 0) is 0 Å². The van der Waals surface area contributed by atoms with E-state index >= 15 is 0 Å². The minimum absolute atomic E-state index is 0.271. The third kappa shape index (κ3) is 3.83. The van der Waals surface area contributed by atoms with Gasteiger partial charge in [-0.25, -0.2) is 4.39 Å². The summed E-state index contributed by atoms with van der Waals surface area (Å²) in [5.74, 6) is 0.175. The number of nitrogens with two attached hydrogens (primary N) is 1. The average Bonchev–Trinajstić information content (AvgIpc) is 2.32. The third-order valence-electron chi connectivity index (χ3n) is 3.10. The quantitative estimate of drug-likeness (QED) is 0.914. The van der Waals surface area contributed by atoms with Gasteiger partial charge in [-0.2, -0.15) is 0 Å². The number of ether oxygens (including phenoxy) is 1. The Morgan fingerprint density at radius 1 is 1.50 bits per heavy atom. The molecule has 0 saturated carbocycles. The molecular weight excluding hydrogens is 255 g/mol. The van der Waals surface area contributed by atoms with E-state index in [1.165, 1.54) is 12.1 Å². The third-order valence-corrected chi connectivity index (χ3v) is 3.40. The molecule has 1 unspecified atom stereocenters. The van der Waals surface area contributed by atoms with Crippen LogP contribution in [0.1, 0.15) is 12.8 Å². The molecule has 1 saturated heterocycles. The smallest absolute Gasteiger partial charge is 0.138 e. The fourth-order valence-electron chi connectivity index (χ4n) is 2.17. The van der Waals surface area contributed by atoms with E-state index in [1.807, 2.05) is 0 Å². The van der Waals surface area contributed by atoms with Gasteiger partial charge in [0, 0.05) is 19.1 Å². The van der Waals surface area contributed by atoms with E-state index in [0.29, 0.717) is 17.4 Å². The summed E-state index contributed by atoms with van der Waals surface area (Å²) in [4.78, 5) is 2.28. The van der Waals surface area contributed by atoms with Crippen LogP contribution < -0.4 is 10.5 Å². The van der Waals surface area contributed by atoms with Crippen molar-refractivity contribution in [3.05, 3.63) is 29.0 Å². The Morgan fingerprint density at radius 3 is 3.06 bits per heavy atom. The Labute approximate surface area is 112 Å². The molecule has 5 heteroatoms. The minimum atomic E-state index is -0.352. The number of likely N-dealkylation sites (tertiary alicyclic amines) is 1. The Hall–Kier alpha value is -0.840. The molecule has 0 amide bonds. The van der Waals surface area contributed by atoms with Gasteiger partial charge in [0.1, 0.15) is 18.2 Å². The molecule has 1 fully saturated rings. The van der Waals surface area contributed by atoms with Gasteiger partial charge in [0.25, 0.3) is 0 Å². The highest BCUT2D eigenvalue weighted by molar-refractivity contribution is 6.32. The molecule has 0 spiro atoms. The second-order valence-electron chi connectivity index (χ2n) is 4.63. The zero-order chi connectivity index (χ0) is 13.0. The lowest BCUT2D eigenvalue weighted by Gasteiger charge is -2.30. The van der Waals surface area contributed by atoms with E-state index in [1.54, 1.807) is 6.07 Å². The molecular formula is C13H18ClFN2O. The normalized spacial score (nSPS) is 20.9. The highest BCUT2D eigenvalue weighted by Gasteiger charge is 2.16. The van der Waals surface area contributed by atoms with E-state index in [2.05, 4.69) is 4.90 Å². The maximum Gasteiger partial charge on any atom is 0.138 e. The lowest BCUT2D eigenvalue weighted by molar-refractivity contribution is 0.171. The van der Waals surface area contributed by atoms with E-state index in [-0.39, 0.29) is 11.9 Å². The first-order valence-corrected chi connectivity index (χ1v) is 6.59. The summed E-state index contributed by atoms with van der Waals surface area (Å²) in [6.45, 7) is 3.34. The van der Waals surface area contributed by atoms with Crippen molar-refractivity contribution in [2.24, 2.45) is 5.73 Å². The Bertz CT molecular complexity index is 403. The number of rotatable bonds is 4. The molecule has 1 aromatic rings. The molecule has 1 heterocycles. The second-order valence-corrected chi connectivity index (χ2v) is 5.03. The number of halogens is 2. The second kappa shape index (κ2) is 6.36. The van der Waals surface area contributed by atoms with Gasteiger partial charge in [-0.05, 0) is 37.6 Å². The molecule has 2 rings (SSSR count). The average molecular weight is 273 g/mol. The van der Waals surface area contributed by atoms with Crippen molar-refractivity contribution in [1.29, 1.82) is 0 Å². The largest absolute Gasteiger partial charge is 0.491 e. The van der Waals surface area contributed by atoms with Crippen LogP contribution in [0.5, 0.6) is 5.75 Å². The SMILES string of the molecule is NC1CCCN(CCOc2ccc(F)cc2Cl)C1. The van der Waals surface area contributed by atoms with Gasteiger partial charge in [0.15, 0.2) is 0 Å². The Balaban J connectivity index is 1.77. The number of hydrogen-bond donors (Lipinski definition) is 1. The van der Waals surface area contributed by atoms with Crippen molar-refractivity contribution >= 4 is 11.6 Å². The summed E-state index contributed by atoms with van der Waals surface area (Å²) in [5, 5.41) is 0.311. The number of nitrogens with zero attached hydrogens (tertiary/aromatic N) is 1. The Kier molecular flexibility index (Phi) is 4.80. The van der Waals surface area contributed by atoms with Gasteiger partial charge >= 0.3 is 0 Å². The highest BCUT2D eigenvalue weighted by Crippen LogP contribution is 2.24. The lowest BCUT2D eigenvalue weighted by Crippen LogP contribution is -2.44. The standard InChI is InChI=1S/C13H18ClFN2O/c14-12-8-10(15)3-4-13(12)18-7-6-17-5-1-2-11(16)9-17/h3-4,8,11H,1-2,5-7,9,16H2. The Morgan fingerprint density at radius 2 is 2.33 bits per heavy atom. The highest BCUT2D eigenvalue weighted by atomic mass is 35.5. The molecule has 2 N–H and O–H groups in total. The lowest BCUT2D eigenvalue weighted by atomic mass is 10.1. The van der Waals surface area contributed by atoms with Gasteiger partial charge in [-0.1, -0.05) is 11.6 Å². The van der Waals surface area contributed by atoms with Crippen LogP contribution in [0.2, 0.25) is 5.02 Å². The minimum Gasteiger partial charge on any atom is -0.491 e. The van der Waals surface area contributed by atoms with Gasteiger partial charge in [-0.3, -0.25) is 4.90 Å². The molecule has 1 atom stereocenters. The number of benzene rings is 1. The van der Waals surface area contributed by atoms with Crippen molar-refractivity contribution in [2.45, 2.75) is 18.9 Å². The predicted molar refractivity (Wildman–Crippen MR) is 70.6 cm³/mol. The first kappa shape index (κ1) is 13.6. The molecule has 0 radical (unpaired) electrons. The molecule has 18 heavy (non-hydrogen) atoms. The van der Waals surface area contributed by atoms with Crippen molar-refractivity contribution in [2.75, 3.05) is 26.2 Å². The summed E-state index contributed by atoms with van der Waals surface area (Å²) in [7, 11) is 0. The van der Waals surface area contributed by atoms with Crippen molar-refractivity contribution < 1.29 is 9.13 Å². The number of piperidine rings is 1. The van der Waals surface area contributed by atoms with Crippen molar-refractivity contribution in [3.8, 4) is 5.75 Å². The van der Waals surface area contributed by atoms with Gasteiger partial charge < -0.3 is 10.5 Å². The monoisotopic (exact) mass is 272 g/mol.